The fourth-order valence-electron chi connectivity index (χ4n) is 1.86. The van der Waals surface area contributed by atoms with E-state index in [2.05, 4.69) is 34.6 Å². The third-order valence-electron chi connectivity index (χ3n) is 2.53. The quantitative estimate of drug-likeness (QED) is 0.704. The Morgan fingerprint density at radius 2 is 2.46 bits per heavy atom. The highest BCUT2D eigenvalue weighted by molar-refractivity contribution is 7.80. The fraction of sp³-hybridized carbons (Fsp3) is 0.667. The van der Waals surface area contributed by atoms with Crippen LogP contribution in [0, 0.1) is 0 Å². The molecule has 1 N–H and O–H groups in total. The van der Waals surface area contributed by atoms with Gasteiger partial charge < -0.3 is 0 Å². The highest BCUT2D eigenvalue weighted by atomic mass is 32.1. The van der Waals surface area contributed by atoms with E-state index in [9.17, 15) is 0 Å². The topological polar surface area (TPSA) is 31.9 Å². The van der Waals surface area contributed by atoms with Gasteiger partial charge in [-0.15, -0.1) is 12.6 Å². The van der Waals surface area contributed by atoms with Gasteiger partial charge in [-0.05, 0) is 19.4 Å². The number of rotatable bonds is 2. The molecule has 0 saturated carbocycles. The van der Waals surface area contributed by atoms with Gasteiger partial charge in [-0.25, -0.2) is 0 Å². The minimum Gasteiger partial charge on any atom is -0.297 e. The minimum atomic E-state index is 0.881. The van der Waals surface area contributed by atoms with E-state index < -0.39 is 0 Å². The molecule has 1 aliphatic heterocycles. The van der Waals surface area contributed by atoms with Crippen LogP contribution < -0.4 is 0 Å². The zero-order chi connectivity index (χ0) is 9.26. The molecule has 1 aliphatic rings. The van der Waals surface area contributed by atoms with E-state index in [0.29, 0.717) is 0 Å². The summed E-state index contributed by atoms with van der Waals surface area (Å²) in [6.45, 7) is 5.55. The second-order valence-corrected chi connectivity index (χ2v) is 3.95. The van der Waals surface area contributed by atoms with E-state index in [1.165, 1.54) is 24.2 Å². The molecule has 0 unspecified atom stereocenters. The maximum absolute atomic E-state index is 4.31. The molecule has 2 rings (SSSR count). The summed E-state index contributed by atoms with van der Waals surface area (Å²) < 4.78 is 0. The SMILES string of the molecule is CCCN1CCc2c(S)n[nH]c2C1. The molecule has 72 valence electrons. The Bertz CT molecular complexity index is 295. The van der Waals surface area contributed by atoms with E-state index in [1.807, 2.05) is 0 Å². The molecule has 1 aromatic heterocycles. The molecule has 4 heteroatoms. The summed E-state index contributed by atoms with van der Waals surface area (Å²) in [7, 11) is 0. The lowest BCUT2D eigenvalue weighted by atomic mass is 10.1. The highest BCUT2D eigenvalue weighted by Gasteiger charge is 2.19. The lowest BCUT2D eigenvalue weighted by Crippen LogP contribution is -2.30. The van der Waals surface area contributed by atoms with Crippen LogP contribution in [0.3, 0.4) is 0 Å². The summed E-state index contributed by atoms with van der Waals surface area (Å²) in [4.78, 5) is 2.45. The average molecular weight is 197 g/mol. The van der Waals surface area contributed by atoms with Crippen molar-refractivity contribution in [2.45, 2.75) is 31.3 Å². The van der Waals surface area contributed by atoms with Gasteiger partial charge in [0, 0.05) is 18.7 Å². The Morgan fingerprint density at radius 3 is 3.23 bits per heavy atom. The molecule has 3 nitrogen and oxygen atoms in total. The molecular formula is C9H15N3S. The Balaban J connectivity index is 2.11. The lowest BCUT2D eigenvalue weighted by molar-refractivity contribution is 0.251. The van der Waals surface area contributed by atoms with Crippen LogP contribution in [0.15, 0.2) is 5.03 Å². The lowest BCUT2D eigenvalue weighted by Gasteiger charge is -2.25. The first kappa shape index (κ1) is 9.09. The van der Waals surface area contributed by atoms with Crippen molar-refractivity contribution in [1.82, 2.24) is 15.1 Å². The van der Waals surface area contributed by atoms with Gasteiger partial charge in [-0.3, -0.25) is 10.00 Å². The van der Waals surface area contributed by atoms with Crippen LogP contribution in [0.4, 0.5) is 0 Å². The predicted molar refractivity (Wildman–Crippen MR) is 55.1 cm³/mol. The van der Waals surface area contributed by atoms with E-state index in [1.54, 1.807) is 0 Å². The van der Waals surface area contributed by atoms with Crippen molar-refractivity contribution in [2.24, 2.45) is 0 Å². The maximum Gasteiger partial charge on any atom is 0.118 e. The highest BCUT2D eigenvalue weighted by Crippen LogP contribution is 2.21. The van der Waals surface area contributed by atoms with Gasteiger partial charge in [0.05, 0.1) is 5.69 Å². The summed E-state index contributed by atoms with van der Waals surface area (Å²) in [6.07, 6.45) is 2.31. The number of H-pyrrole nitrogens is 1. The largest absolute Gasteiger partial charge is 0.297 e. The molecule has 1 aromatic rings. The average Bonchev–Trinajstić information content (AvgIpc) is 2.48. The third kappa shape index (κ3) is 1.74. The summed E-state index contributed by atoms with van der Waals surface area (Å²) in [5, 5.41) is 8.03. The van der Waals surface area contributed by atoms with Gasteiger partial charge in [0.25, 0.3) is 0 Å². The first-order valence-electron chi connectivity index (χ1n) is 4.78. The summed E-state index contributed by atoms with van der Waals surface area (Å²) in [5.74, 6) is 0. The molecule has 0 aromatic carbocycles. The van der Waals surface area contributed by atoms with Crippen LogP contribution >= 0.6 is 12.6 Å². The molecular weight excluding hydrogens is 182 g/mol. The van der Waals surface area contributed by atoms with E-state index in [-0.39, 0.29) is 0 Å². The number of nitrogens with one attached hydrogen (secondary N) is 1. The van der Waals surface area contributed by atoms with Crippen LogP contribution in [0.5, 0.6) is 0 Å². The Morgan fingerprint density at radius 1 is 1.62 bits per heavy atom. The van der Waals surface area contributed by atoms with Crippen LogP contribution in [-0.2, 0) is 13.0 Å². The Kier molecular flexibility index (Phi) is 2.60. The zero-order valence-corrected chi connectivity index (χ0v) is 8.77. The summed E-state index contributed by atoms with van der Waals surface area (Å²) in [5.41, 5.74) is 2.57. The number of aromatic nitrogens is 2. The number of nitrogens with zero attached hydrogens (tertiary/aromatic N) is 2. The molecule has 0 bridgehead atoms. The Hall–Kier alpha value is -0.480. The fourth-order valence-corrected chi connectivity index (χ4v) is 2.16. The van der Waals surface area contributed by atoms with Gasteiger partial charge in [-0.2, -0.15) is 5.10 Å². The normalized spacial score (nSPS) is 17.4. The molecule has 13 heavy (non-hydrogen) atoms. The van der Waals surface area contributed by atoms with E-state index in [4.69, 9.17) is 0 Å². The molecule has 0 atom stereocenters. The monoisotopic (exact) mass is 197 g/mol. The maximum atomic E-state index is 4.31. The molecule has 0 amide bonds. The molecule has 2 heterocycles. The van der Waals surface area contributed by atoms with Crippen LogP contribution in [0.1, 0.15) is 24.6 Å². The number of hydrogen-bond donors (Lipinski definition) is 2. The molecule has 0 radical (unpaired) electrons. The van der Waals surface area contributed by atoms with Crippen molar-refractivity contribution in [1.29, 1.82) is 0 Å². The number of fused-ring (bicyclic) bond motifs is 1. The van der Waals surface area contributed by atoms with Crippen molar-refractivity contribution in [3.05, 3.63) is 11.3 Å². The van der Waals surface area contributed by atoms with Crippen molar-refractivity contribution >= 4 is 12.6 Å². The first-order valence-corrected chi connectivity index (χ1v) is 5.23. The van der Waals surface area contributed by atoms with Crippen molar-refractivity contribution in [3.8, 4) is 0 Å². The van der Waals surface area contributed by atoms with Crippen LogP contribution in [0.2, 0.25) is 0 Å². The second-order valence-electron chi connectivity index (χ2n) is 3.53. The molecule has 0 spiro atoms. The van der Waals surface area contributed by atoms with Gasteiger partial charge >= 0.3 is 0 Å². The van der Waals surface area contributed by atoms with Crippen molar-refractivity contribution in [2.75, 3.05) is 13.1 Å². The number of thiol groups is 1. The predicted octanol–water partition coefficient (Wildman–Crippen LogP) is 1.47. The third-order valence-corrected chi connectivity index (χ3v) is 2.90. The molecule has 0 saturated heterocycles. The van der Waals surface area contributed by atoms with Gasteiger partial charge in [0.15, 0.2) is 0 Å². The van der Waals surface area contributed by atoms with Crippen molar-refractivity contribution < 1.29 is 0 Å². The van der Waals surface area contributed by atoms with Gasteiger partial charge in [-0.1, -0.05) is 6.92 Å². The summed E-state index contributed by atoms with van der Waals surface area (Å²) in [6, 6.07) is 0. The Labute approximate surface area is 83.9 Å². The van der Waals surface area contributed by atoms with Crippen molar-refractivity contribution in [3.63, 3.8) is 0 Å². The zero-order valence-electron chi connectivity index (χ0n) is 7.88. The second kappa shape index (κ2) is 3.72. The smallest absolute Gasteiger partial charge is 0.118 e. The number of hydrogen-bond acceptors (Lipinski definition) is 3. The van der Waals surface area contributed by atoms with E-state index in [0.717, 1.165) is 24.5 Å². The van der Waals surface area contributed by atoms with Gasteiger partial charge in [0.2, 0.25) is 0 Å². The molecule has 0 aliphatic carbocycles. The van der Waals surface area contributed by atoms with E-state index >= 15 is 0 Å². The van der Waals surface area contributed by atoms with Crippen LogP contribution in [-0.4, -0.2) is 28.2 Å². The van der Waals surface area contributed by atoms with Crippen LogP contribution in [0.25, 0.3) is 0 Å². The minimum absolute atomic E-state index is 0.881. The standard InChI is InChI=1S/C9H15N3S/c1-2-4-12-5-3-7-8(6-12)10-11-9(7)13/h2-6H2,1H3,(H2,10,11,13). The summed E-state index contributed by atoms with van der Waals surface area (Å²) >= 11 is 4.31. The van der Waals surface area contributed by atoms with Gasteiger partial charge in [0.1, 0.15) is 5.03 Å². The molecule has 0 fully saturated rings. The number of aromatic amines is 1. The first-order chi connectivity index (χ1) is 6.31.